The number of hydrogen-bond acceptors (Lipinski definition) is 3. The van der Waals surface area contributed by atoms with Crippen molar-refractivity contribution in [1.29, 1.82) is 0 Å². The van der Waals surface area contributed by atoms with E-state index in [1.54, 1.807) is 12.1 Å². The van der Waals surface area contributed by atoms with Crippen molar-refractivity contribution in [1.82, 2.24) is 9.80 Å². The standard InChI is InChI=1S/C13H19FN2O/c1-10-8-16(7-6-15(10)2)9-11-4-3-5-12(14)13(11)17/h3-5,10,17H,6-9H2,1-2H3. The second-order valence-electron chi connectivity index (χ2n) is 4.81. The van der Waals surface area contributed by atoms with Gasteiger partial charge in [0.15, 0.2) is 11.6 Å². The summed E-state index contributed by atoms with van der Waals surface area (Å²) in [6, 6.07) is 5.20. The molecule has 0 amide bonds. The summed E-state index contributed by atoms with van der Waals surface area (Å²) in [5, 5.41) is 9.63. The van der Waals surface area contributed by atoms with Crippen molar-refractivity contribution < 1.29 is 9.50 Å². The molecular formula is C13H19FN2O. The SMILES string of the molecule is CC1CN(Cc2cccc(F)c2O)CCN1C. The van der Waals surface area contributed by atoms with Gasteiger partial charge in [0.25, 0.3) is 0 Å². The minimum atomic E-state index is -0.537. The minimum absolute atomic E-state index is 0.209. The first-order valence-electron chi connectivity index (χ1n) is 5.97. The van der Waals surface area contributed by atoms with Crippen LogP contribution in [0.25, 0.3) is 0 Å². The Morgan fingerprint density at radius 1 is 1.41 bits per heavy atom. The summed E-state index contributed by atoms with van der Waals surface area (Å²) in [4.78, 5) is 4.56. The molecule has 0 aliphatic carbocycles. The van der Waals surface area contributed by atoms with Gasteiger partial charge in [0.05, 0.1) is 0 Å². The van der Waals surface area contributed by atoms with Crippen molar-refractivity contribution >= 4 is 0 Å². The van der Waals surface area contributed by atoms with E-state index >= 15 is 0 Å². The van der Waals surface area contributed by atoms with Gasteiger partial charge < -0.3 is 10.0 Å². The minimum Gasteiger partial charge on any atom is -0.505 e. The molecular weight excluding hydrogens is 219 g/mol. The summed E-state index contributed by atoms with van der Waals surface area (Å²) in [5.41, 5.74) is 0.668. The molecule has 1 N–H and O–H groups in total. The number of phenols is 1. The number of nitrogens with zero attached hydrogens (tertiary/aromatic N) is 2. The predicted octanol–water partition coefficient (Wildman–Crippen LogP) is 1.67. The van der Waals surface area contributed by atoms with Crippen LogP contribution >= 0.6 is 0 Å². The molecule has 1 fully saturated rings. The Bertz CT molecular complexity index is 397. The van der Waals surface area contributed by atoms with Crippen molar-refractivity contribution in [2.45, 2.75) is 19.5 Å². The Morgan fingerprint density at radius 3 is 2.88 bits per heavy atom. The van der Waals surface area contributed by atoms with Crippen LogP contribution in [0.1, 0.15) is 12.5 Å². The lowest BCUT2D eigenvalue weighted by Crippen LogP contribution is -2.49. The lowest BCUT2D eigenvalue weighted by atomic mass is 10.1. The van der Waals surface area contributed by atoms with Gasteiger partial charge >= 0.3 is 0 Å². The van der Waals surface area contributed by atoms with Gasteiger partial charge in [-0.1, -0.05) is 12.1 Å². The zero-order valence-electron chi connectivity index (χ0n) is 10.4. The van der Waals surface area contributed by atoms with Crippen LogP contribution in [0, 0.1) is 5.82 Å². The van der Waals surface area contributed by atoms with Gasteiger partial charge in [-0.25, -0.2) is 4.39 Å². The Morgan fingerprint density at radius 2 is 2.18 bits per heavy atom. The number of halogens is 1. The van der Waals surface area contributed by atoms with Crippen LogP contribution in [0.3, 0.4) is 0 Å². The second kappa shape index (κ2) is 5.02. The average Bonchev–Trinajstić information content (AvgIpc) is 2.30. The number of aromatic hydroxyl groups is 1. The van der Waals surface area contributed by atoms with E-state index in [4.69, 9.17) is 0 Å². The number of rotatable bonds is 2. The topological polar surface area (TPSA) is 26.7 Å². The maximum Gasteiger partial charge on any atom is 0.165 e. The zero-order chi connectivity index (χ0) is 12.4. The third-order valence-electron chi connectivity index (χ3n) is 3.51. The molecule has 1 aromatic rings. The molecule has 1 unspecified atom stereocenters. The number of para-hydroxylation sites is 1. The lowest BCUT2D eigenvalue weighted by molar-refractivity contribution is 0.0992. The number of hydrogen-bond donors (Lipinski definition) is 1. The van der Waals surface area contributed by atoms with Gasteiger partial charge in [0.1, 0.15) is 0 Å². The predicted molar refractivity (Wildman–Crippen MR) is 65.4 cm³/mol. The fraction of sp³-hybridized carbons (Fsp3) is 0.538. The van der Waals surface area contributed by atoms with E-state index in [1.807, 2.05) is 0 Å². The molecule has 0 bridgehead atoms. The molecule has 1 heterocycles. The molecule has 1 aliphatic heterocycles. The van der Waals surface area contributed by atoms with Gasteiger partial charge in [-0.2, -0.15) is 0 Å². The highest BCUT2D eigenvalue weighted by atomic mass is 19.1. The summed E-state index contributed by atoms with van der Waals surface area (Å²) in [6.07, 6.45) is 0. The van der Waals surface area contributed by atoms with Crippen LogP contribution < -0.4 is 0 Å². The molecule has 2 rings (SSSR count). The highest BCUT2D eigenvalue weighted by molar-refractivity contribution is 5.33. The molecule has 94 valence electrons. The first kappa shape index (κ1) is 12.3. The molecule has 0 saturated carbocycles. The van der Waals surface area contributed by atoms with Crippen molar-refractivity contribution in [3.05, 3.63) is 29.6 Å². The summed E-state index contributed by atoms with van der Waals surface area (Å²) in [5.74, 6) is -0.747. The Labute approximate surface area is 101 Å². The van der Waals surface area contributed by atoms with Crippen LogP contribution in [-0.4, -0.2) is 47.6 Å². The van der Waals surface area contributed by atoms with E-state index in [9.17, 15) is 9.50 Å². The van der Waals surface area contributed by atoms with Crippen molar-refractivity contribution in [3.63, 3.8) is 0 Å². The summed E-state index contributed by atoms with van der Waals surface area (Å²) < 4.78 is 13.2. The number of benzene rings is 1. The fourth-order valence-electron chi connectivity index (χ4n) is 2.20. The molecule has 0 radical (unpaired) electrons. The van der Waals surface area contributed by atoms with Crippen LogP contribution in [0.4, 0.5) is 4.39 Å². The van der Waals surface area contributed by atoms with Gasteiger partial charge in [0, 0.05) is 37.8 Å². The van der Waals surface area contributed by atoms with Crippen LogP contribution in [0.5, 0.6) is 5.75 Å². The fourth-order valence-corrected chi connectivity index (χ4v) is 2.20. The first-order chi connectivity index (χ1) is 8.08. The summed E-state index contributed by atoms with van der Waals surface area (Å²) >= 11 is 0. The number of piperazine rings is 1. The Balaban J connectivity index is 2.04. The van der Waals surface area contributed by atoms with Gasteiger partial charge in [-0.15, -0.1) is 0 Å². The van der Waals surface area contributed by atoms with E-state index in [0.29, 0.717) is 18.2 Å². The number of phenolic OH excluding ortho intramolecular Hbond substituents is 1. The summed E-state index contributed by atoms with van der Waals surface area (Å²) in [7, 11) is 2.11. The highest BCUT2D eigenvalue weighted by Crippen LogP contribution is 2.23. The largest absolute Gasteiger partial charge is 0.505 e. The van der Waals surface area contributed by atoms with E-state index in [0.717, 1.165) is 19.6 Å². The summed E-state index contributed by atoms with van der Waals surface area (Å²) in [6.45, 7) is 5.71. The average molecular weight is 238 g/mol. The van der Waals surface area contributed by atoms with Crippen LogP contribution in [0.2, 0.25) is 0 Å². The van der Waals surface area contributed by atoms with Gasteiger partial charge in [-0.05, 0) is 20.0 Å². The maximum absolute atomic E-state index is 13.2. The third-order valence-corrected chi connectivity index (χ3v) is 3.51. The van der Waals surface area contributed by atoms with E-state index < -0.39 is 5.82 Å². The quantitative estimate of drug-likeness (QED) is 0.849. The molecule has 0 aromatic heterocycles. The van der Waals surface area contributed by atoms with Gasteiger partial charge in [0.2, 0.25) is 0 Å². The monoisotopic (exact) mass is 238 g/mol. The van der Waals surface area contributed by atoms with Crippen LogP contribution in [0.15, 0.2) is 18.2 Å². The molecule has 17 heavy (non-hydrogen) atoms. The smallest absolute Gasteiger partial charge is 0.165 e. The molecule has 3 nitrogen and oxygen atoms in total. The molecule has 1 aliphatic rings. The van der Waals surface area contributed by atoms with Gasteiger partial charge in [-0.3, -0.25) is 4.90 Å². The van der Waals surface area contributed by atoms with Crippen LogP contribution in [-0.2, 0) is 6.54 Å². The van der Waals surface area contributed by atoms with E-state index in [1.165, 1.54) is 6.07 Å². The third kappa shape index (κ3) is 2.76. The highest BCUT2D eigenvalue weighted by Gasteiger charge is 2.21. The lowest BCUT2D eigenvalue weighted by Gasteiger charge is -2.37. The Kier molecular flexibility index (Phi) is 3.64. The second-order valence-corrected chi connectivity index (χ2v) is 4.81. The molecule has 4 heteroatoms. The first-order valence-corrected chi connectivity index (χ1v) is 5.97. The molecule has 1 saturated heterocycles. The van der Waals surface area contributed by atoms with E-state index in [2.05, 4.69) is 23.8 Å². The Hall–Kier alpha value is -1.13. The van der Waals surface area contributed by atoms with E-state index in [-0.39, 0.29) is 5.75 Å². The molecule has 1 aromatic carbocycles. The molecule has 0 spiro atoms. The van der Waals surface area contributed by atoms with Crippen molar-refractivity contribution in [2.24, 2.45) is 0 Å². The molecule has 1 atom stereocenters. The zero-order valence-corrected chi connectivity index (χ0v) is 10.4. The number of likely N-dealkylation sites (N-methyl/N-ethyl adjacent to an activating group) is 1. The normalized spacial score (nSPS) is 22.9. The van der Waals surface area contributed by atoms with Crippen molar-refractivity contribution in [3.8, 4) is 5.75 Å². The van der Waals surface area contributed by atoms with Crippen molar-refractivity contribution in [2.75, 3.05) is 26.7 Å². The maximum atomic E-state index is 13.2.